The molecule has 3 aromatic rings. The van der Waals surface area contributed by atoms with E-state index in [9.17, 15) is 18.5 Å². The van der Waals surface area contributed by atoms with Crippen LogP contribution in [-0.4, -0.2) is 70.2 Å². The molecule has 1 heterocycles. The molecule has 4 rings (SSSR count). The van der Waals surface area contributed by atoms with Crippen LogP contribution in [0.25, 0.3) is 11.1 Å². The van der Waals surface area contributed by atoms with Crippen LogP contribution in [0.3, 0.4) is 0 Å². The third-order valence-electron chi connectivity index (χ3n) is 7.14. The molecule has 1 aliphatic heterocycles. The predicted octanol–water partition coefficient (Wildman–Crippen LogP) is 5.66. The number of nitriles is 1. The maximum atomic E-state index is 13.6. The molecule has 0 aliphatic carbocycles. The molecule has 1 unspecified atom stereocenters. The van der Waals surface area contributed by atoms with Gasteiger partial charge in [-0.25, -0.2) is 8.42 Å². The van der Waals surface area contributed by atoms with Crippen molar-refractivity contribution >= 4 is 50.5 Å². The monoisotopic (exact) mass is 613 g/mol. The second kappa shape index (κ2) is 13.6. The van der Waals surface area contributed by atoms with Gasteiger partial charge in [-0.05, 0) is 73.0 Å². The lowest BCUT2D eigenvalue weighted by Gasteiger charge is -2.34. The highest BCUT2D eigenvalue weighted by Crippen LogP contribution is 2.30. The Morgan fingerprint density at radius 3 is 2.37 bits per heavy atom. The number of hydrogen-bond acceptors (Lipinski definition) is 6. The largest absolute Gasteiger partial charge is 0.349 e. The Labute approximate surface area is 252 Å². The molecule has 1 N–H and O–H groups in total. The number of nitrogens with one attached hydrogen (secondary N) is 1. The molecule has 1 saturated heterocycles. The van der Waals surface area contributed by atoms with Gasteiger partial charge >= 0.3 is 0 Å². The van der Waals surface area contributed by atoms with Crippen LogP contribution < -0.4 is 9.62 Å². The first-order valence-electron chi connectivity index (χ1n) is 13.3. The minimum absolute atomic E-state index is 0.0106. The first kappa shape index (κ1) is 30.7. The smallest absolute Gasteiger partial charge is 0.242 e. The van der Waals surface area contributed by atoms with Gasteiger partial charge in [-0.15, -0.1) is 0 Å². The molecular formula is C30H33Cl2N5O3S. The van der Waals surface area contributed by atoms with E-state index in [1.54, 1.807) is 53.2 Å². The van der Waals surface area contributed by atoms with Gasteiger partial charge in [0.15, 0.2) is 0 Å². The summed E-state index contributed by atoms with van der Waals surface area (Å²) in [5.41, 5.74) is 3.94. The van der Waals surface area contributed by atoms with Gasteiger partial charge in [0.05, 0.1) is 35.0 Å². The number of hydrogen-bond donors (Lipinski definition) is 1. The van der Waals surface area contributed by atoms with Gasteiger partial charge in [0, 0.05) is 25.0 Å². The standard InChI is InChI=1S/C30H33Cl2N5O3S/c1-35(30(38)21-37(17-14-33)26-12-13-27(31)28(32)19-26)29(20-36-15-3-4-16-36)23-10-8-22(9-11-23)24-6-5-7-25(18-24)34-41(2,39)40/h5-13,18-19,29,34H,3-4,15-17,20-21H2,1-2H3. The molecule has 41 heavy (non-hydrogen) atoms. The molecule has 0 aromatic heterocycles. The Morgan fingerprint density at radius 1 is 1.02 bits per heavy atom. The summed E-state index contributed by atoms with van der Waals surface area (Å²) in [6.07, 6.45) is 3.39. The molecule has 8 nitrogen and oxygen atoms in total. The number of rotatable bonds is 11. The quantitative estimate of drug-likeness (QED) is 0.280. The normalized spacial score (nSPS) is 14.3. The minimum Gasteiger partial charge on any atom is -0.349 e. The number of benzene rings is 3. The summed E-state index contributed by atoms with van der Waals surface area (Å²) < 4.78 is 25.8. The van der Waals surface area contributed by atoms with Gasteiger partial charge in [0.25, 0.3) is 0 Å². The van der Waals surface area contributed by atoms with E-state index >= 15 is 0 Å². The average Bonchev–Trinajstić information content (AvgIpc) is 3.45. The number of likely N-dealkylation sites (tertiary alicyclic amines) is 1. The van der Waals surface area contributed by atoms with Gasteiger partial charge in [-0.1, -0.05) is 59.6 Å². The van der Waals surface area contributed by atoms with E-state index in [1.807, 2.05) is 30.3 Å². The molecule has 0 radical (unpaired) electrons. The molecule has 0 saturated carbocycles. The number of sulfonamides is 1. The fourth-order valence-corrected chi connectivity index (χ4v) is 5.84. The van der Waals surface area contributed by atoms with E-state index in [4.69, 9.17) is 23.2 Å². The lowest BCUT2D eigenvalue weighted by atomic mass is 9.99. The molecule has 0 spiro atoms. The zero-order valence-corrected chi connectivity index (χ0v) is 25.4. The summed E-state index contributed by atoms with van der Waals surface area (Å²) in [5, 5.41) is 10.2. The van der Waals surface area contributed by atoms with Crippen LogP contribution in [0.1, 0.15) is 24.4 Å². The van der Waals surface area contributed by atoms with Gasteiger partial charge < -0.3 is 14.7 Å². The molecule has 1 aliphatic rings. The van der Waals surface area contributed by atoms with Crippen molar-refractivity contribution in [1.29, 1.82) is 5.26 Å². The lowest BCUT2D eigenvalue weighted by Crippen LogP contribution is -2.43. The Morgan fingerprint density at radius 2 is 1.73 bits per heavy atom. The van der Waals surface area contributed by atoms with Crippen molar-refractivity contribution in [3.8, 4) is 17.2 Å². The summed E-state index contributed by atoms with van der Waals surface area (Å²) in [7, 11) is -1.58. The molecule has 1 fully saturated rings. The highest BCUT2D eigenvalue weighted by Gasteiger charge is 2.27. The van der Waals surface area contributed by atoms with Crippen molar-refractivity contribution in [2.24, 2.45) is 0 Å². The summed E-state index contributed by atoms with van der Waals surface area (Å²) in [5.74, 6) is -0.126. The van der Waals surface area contributed by atoms with Crippen LogP contribution in [0.4, 0.5) is 11.4 Å². The lowest BCUT2D eigenvalue weighted by molar-refractivity contribution is -0.131. The van der Waals surface area contributed by atoms with Crippen molar-refractivity contribution in [3.05, 3.63) is 82.3 Å². The van der Waals surface area contributed by atoms with Crippen LogP contribution >= 0.6 is 23.2 Å². The third kappa shape index (κ3) is 8.37. The Hall–Kier alpha value is -3.29. The van der Waals surface area contributed by atoms with Crippen LogP contribution in [-0.2, 0) is 14.8 Å². The number of amides is 1. The van der Waals surface area contributed by atoms with Crippen molar-refractivity contribution in [3.63, 3.8) is 0 Å². The minimum atomic E-state index is -3.38. The molecule has 216 valence electrons. The highest BCUT2D eigenvalue weighted by atomic mass is 35.5. The third-order valence-corrected chi connectivity index (χ3v) is 8.49. The number of anilines is 2. The molecule has 3 aromatic carbocycles. The Balaban J connectivity index is 1.57. The number of nitrogens with zero attached hydrogens (tertiary/aromatic N) is 4. The molecule has 0 bridgehead atoms. The summed E-state index contributed by atoms with van der Waals surface area (Å²) in [4.78, 5) is 19.4. The van der Waals surface area contributed by atoms with E-state index in [2.05, 4.69) is 15.7 Å². The SMILES string of the molecule is CN(C(=O)CN(CC#N)c1ccc(Cl)c(Cl)c1)C(CN1CCCC1)c1ccc(-c2cccc(NS(C)(=O)=O)c2)cc1. The fraction of sp³-hybridized carbons (Fsp3) is 0.333. The molecule has 1 amide bonds. The van der Waals surface area contributed by atoms with Gasteiger partial charge in [-0.2, -0.15) is 5.26 Å². The molecule has 1 atom stereocenters. The summed E-state index contributed by atoms with van der Waals surface area (Å²) in [6, 6.07) is 22.2. The number of likely N-dealkylation sites (N-methyl/N-ethyl adjacent to an activating group) is 1. The first-order valence-corrected chi connectivity index (χ1v) is 15.9. The highest BCUT2D eigenvalue weighted by molar-refractivity contribution is 7.92. The maximum Gasteiger partial charge on any atom is 0.242 e. The predicted molar refractivity (Wildman–Crippen MR) is 166 cm³/mol. The topological polar surface area (TPSA) is 96.8 Å². The number of carbonyl (C=O) groups is 1. The van der Waals surface area contributed by atoms with Gasteiger partial charge in [-0.3, -0.25) is 9.52 Å². The summed E-state index contributed by atoms with van der Waals surface area (Å²) >= 11 is 12.3. The van der Waals surface area contributed by atoms with Crippen LogP contribution in [0, 0.1) is 11.3 Å². The zero-order valence-electron chi connectivity index (χ0n) is 23.1. The van der Waals surface area contributed by atoms with Crippen molar-refractivity contribution in [1.82, 2.24) is 9.80 Å². The van der Waals surface area contributed by atoms with E-state index in [0.717, 1.165) is 48.9 Å². The number of halogens is 2. The van der Waals surface area contributed by atoms with E-state index in [0.29, 0.717) is 28.0 Å². The molecule has 11 heteroatoms. The van der Waals surface area contributed by atoms with Gasteiger partial charge in [0.2, 0.25) is 15.9 Å². The second-order valence-electron chi connectivity index (χ2n) is 10.2. The maximum absolute atomic E-state index is 13.6. The zero-order chi connectivity index (χ0) is 29.6. The summed E-state index contributed by atoms with van der Waals surface area (Å²) in [6.45, 7) is 2.70. The second-order valence-corrected chi connectivity index (χ2v) is 12.8. The van der Waals surface area contributed by atoms with Crippen LogP contribution in [0.5, 0.6) is 0 Å². The van der Waals surface area contributed by atoms with Crippen molar-refractivity contribution in [2.75, 3.05) is 55.6 Å². The van der Waals surface area contributed by atoms with Crippen molar-refractivity contribution < 1.29 is 13.2 Å². The number of carbonyl (C=O) groups excluding carboxylic acids is 1. The van der Waals surface area contributed by atoms with E-state index in [-0.39, 0.29) is 25.0 Å². The van der Waals surface area contributed by atoms with Crippen LogP contribution in [0.15, 0.2) is 66.7 Å². The Kier molecular flexibility index (Phi) is 10.2. The average molecular weight is 615 g/mol. The fourth-order valence-electron chi connectivity index (χ4n) is 4.99. The molecular weight excluding hydrogens is 581 g/mol. The van der Waals surface area contributed by atoms with E-state index < -0.39 is 10.0 Å². The van der Waals surface area contributed by atoms with Crippen molar-refractivity contribution in [2.45, 2.75) is 18.9 Å². The Bertz CT molecular complexity index is 1520. The van der Waals surface area contributed by atoms with Gasteiger partial charge in [0.1, 0.15) is 6.54 Å². The van der Waals surface area contributed by atoms with Crippen LogP contribution in [0.2, 0.25) is 10.0 Å². The first-order chi connectivity index (χ1) is 19.5. The van der Waals surface area contributed by atoms with E-state index in [1.165, 1.54) is 0 Å².